The summed E-state index contributed by atoms with van der Waals surface area (Å²) >= 11 is 3.37. The molecule has 14 heavy (non-hydrogen) atoms. The first-order chi connectivity index (χ1) is 6.63. The zero-order chi connectivity index (χ0) is 10.6. The largest absolute Gasteiger partial charge is 0.298 e. The minimum Gasteiger partial charge on any atom is -0.298 e. The quantitative estimate of drug-likeness (QED) is 0.593. The Morgan fingerprint density at radius 1 is 1.29 bits per heavy atom. The molecular formula is C12H13BrO. The molecule has 0 fully saturated rings. The summed E-state index contributed by atoms with van der Waals surface area (Å²) in [5.41, 5.74) is 1.89. The van der Waals surface area contributed by atoms with Crippen molar-refractivity contribution in [2.24, 2.45) is 5.92 Å². The molecular weight excluding hydrogens is 240 g/mol. The van der Waals surface area contributed by atoms with E-state index >= 15 is 0 Å². The van der Waals surface area contributed by atoms with Crippen LogP contribution in [0.25, 0.3) is 6.08 Å². The Morgan fingerprint density at radius 2 is 1.86 bits per heavy atom. The highest BCUT2D eigenvalue weighted by Crippen LogP contribution is 2.15. The maximum atomic E-state index is 10.7. The first-order valence-corrected chi connectivity index (χ1v) is 5.35. The van der Waals surface area contributed by atoms with Crippen molar-refractivity contribution in [3.05, 3.63) is 39.9 Å². The maximum absolute atomic E-state index is 10.7. The summed E-state index contributed by atoms with van der Waals surface area (Å²) < 4.78 is 1.05. The highest BCUT2D eigenvalue weighted by molar-refractivity contribution is 9.10. The van der Waals surface area contributed by atoms with Gasteiger partial charge in [-0.15, -0.1) is 0 Å². The molecule has 0 aliphatic heterocycles. The Morgan fingerprint density at radius 3 is 2.29 bits per heavy atom. The summed E-state index contributed by atoms with van der Waals surface area (Å²) in [4.78, 5) is 10.7. The minimum absolute atomic E-state index is 0.274. The van der Waals surface area contributed by atoms with Crippen LogP contribution in [0.2, 0.25) is 0 Å². The van der Waals surface area contributed by atoms with Crippen LogP contribution < -0.4 is 0 Å². The van der Waals surface area contributed by atoms with Gasteiger partial charge in [-0.2, -0.15) is 0 Å². The van der Waals surface area contributed by atoms with Gasteiger partial charge >= 0.3 is 0 Å². The lowest BCUT2D eigenvalue weighted by atomic mass is 10.0. The number of rotatable bonds is 3. The number of hydrogen-bond donors (Lipinski definition) is 0. The van der Waals surface area contributed by atoms with Gasteiger partial charge in [0.25, 0.3) is 0 Å². The third-order valence-corrected chi connectivity index (χ3v) is 2.53. The molecule has 0 spiro atoms. The number of benzene rings is 1. The lowest BCUT2D eigenvalue weighted by molar-refractivity contribution is -0.105. The van der Waals surface area contributed by atoms with Crippen molar-refractivity contribution >= 4 is 28.3 Å². The van der Waals surface area contributed by atoms with Crippen LogP contribution in [-0.2, 0) is 4.79 Å². The molecule has 0 saturated carbocycles. The van der Waals surface area contributed by atoms with Crippen LogP contribution in [0.5, 0.6) is 0 Å². The number of halogens is 1. The van der Waals surface area contributed by atoms with Crippen LogP contribution >= 0.6 is 15.9 Å². The van der Waals surface area contributed by atoms with Gasteiger partial charge in [0.2, 0.25) is 0 Å². The molecule has 0 radical (unpaired) electrons. The van der Waals surface area contributed by atoms with Gasteiger partial charge in [-0.25, -0.2) is 0 Å². The molecule has 0 bridgehead atoms. The first kappa shape index (κ1) is 11.2. The zero-order valence-corrected chi connectivity index (χ0v) is 9.91. The Balaban J connectivity index is 2.95. The SMILES string of the molecule is CC(C)C(C=O)=Cc1ccc(Br)cc1. The van der Waals surface area contributed by atoms with Crippen LogP contribution in [-0.4, -0.2) is 6.29 Å². The lowest BCUT2D eigenvalue weighted by Gasteiger charge is -2.03. The van der Waals surface area contributed by atoms with E-state index in [2.05, 4.69) is 15.9 Å². The van der Waals surface area contributed by atoms with E-state index in [1.807, 2.05) is 44.2 Å². The molecule has 74 valence electrons. The van der Waals surface area contributed by atoms with E-state index in [1.54, 1.807) is 0 Å². The van der Waals surface area contributed by atoms with Gasteiger partial charge in [-0.3, -0.25) is 4.79 Å². The van der Waals surface area contributed by atoms with Crippen LogP contribution in [0.1, 0.15) is 19.4 Å². The van der Waals surface area contributed by atoms with E-state index in [0.717, 1.165) is 21.9 Å². The van der Waals surface area contributed by atoms with Gasteiger partial charge in [0, 0.05) is 4.47 Å². The molecule has 0 N–H and O–H groups in total. The fourth-order valence-electron chi connectivity index (χ4n) is 1.09. The van der Waals surface area contributed by atoms with Crippen molar-refractivity contribution in [2.45, 2.75) is 13.8 Å². The Labute approximate surface area is 93.0 Å². The summed E-state index contributed by atoms with van der Waals surface area (Å²) in [7, 11) is 0. The van der Waals surface area contributed by atoms with E-state index in [-0.39, 0.29) is 5.92 Å². The number of carbonyl (C=O) groups excluding carboxylic acids is 1. The topological polar surface area (TPSA) is 17.1 Å². The third kappa shape index (κ3) is 3.11. The van der Waals surface area contributed by atoms with Gasteiger partial charge in [0.1, 0.15) is 6.29 Å². The van der Waals surface area contributed by atoms with Crippen molar-refractivity contribution in [3.8, 4) is 0 Å². The summed E-state index contributed by atoms with van der Waals surface area (Å²) in [5.74, 6) is 0.274. The number of hydrogen-bond acceptors (Lipinski definition) is 1. The molecule has 0 amide bonds. The molecule has 0 heterocycles. The summed E-state index contributed by atoms with van der Waals surface area (Å²) in [6, 6.07) is 7.90. The van der Waals surface area contributed by atoms with Crippen molar-refractivity contribution in [1.82, 2.24) is 0 Å². The number of allylic oxidation sites excluding steroid dienone is 1. The second-order valence-corrected chi connectivity index (χ2v) is 4.38. The van der Waals surface area contributed by atoms with E-state index in [4.69, 9.17) is 0 Å². The second-order valence-electron chi connectivity index (χ2n) is 3.47. The third-order valence-electron chi connectivity index (χ3n) is 2.01. The van der Waals surface area contributed by atoms with Crippen LogP contribution in [0.15, 0.2) is 34.3 Å². The second kappa shape index (κ2) is 5.11. The average Bonchev–Trinajstić information content (AvgIpc) is 2.16. The number of carbonyl (C=O) groups is 1. The minimum atomic E-state index is 0.274. The smallest absolute Gasteiger partial charge is 0.146 e. The monoisotopic (exact) mass is 252 g/mol. The van der Waals surface area contributed by atoms with Crippen LogP contribution in [0.3, 0.4) is 0 Å². The molecule has 0 aliphatic carbocycles. The molecule has 1 nitrogen and oxygen atoms in total. The summed E-state index contributed by atoms with van der Waals surface area (Å²) in [6.07, 6.45) is 2.84. The molecule has 0 saturated heterocycles. The van der Waals surface area contributed by atoms with Gasteiger partial charge < -0.3 is 0 Å². The maximum Gasteiger partial charge on any atom is 0.146 e. The summed E-state index contributed by atoms with van der Waals surface area (Å²) in [5, 5.41) is 0. The average molecular weight is 253 g/mol. The van der Waals surface area contributed by atoms with Gasteiger partial charge in [0.15, 0.2) is 0 Å². The molecule has 0 unspecified atom stereocenters. The molecule has 0 aliphatic rings. The molecule has 1 aromatic rings. The Kier molecular flexibility index (Phi) is 4.08. The van der Waals surface area contributed by atoms with Gasteiger partial charge in [0.05, 0.1) is 0 Å². The predicted molar refractivity (Wildman–Crippen MR) is 63.0 cm³/mol. The predicted octanol–water partition coefficient (Wildman–Crippen LogP) is 3.69. The van der Waals surface area contributed by atoms with E-state index in [1.165, 1.54) is 0 Å². The summed E-state index contributed by atoms with van der Waals surface area (Å²) in [6.45, 7) is 4.03. The normalized spacial score (nSPS) is 11.9. The van der Waals surface area contributed by atoms with E-state index < -0.39 is 0 Å². The fraction of sp³-hybridized carbons (Fsp3) is 0.250. The van der Waals surface area contributed by atoms with Gasteiger partial charge in [-0.1, -0.05) is 41.9 Å². The standard InChI is InChI=1S/C12H13BrO/c1-9(2)11(8-14)7-10-3-5-12(13)6-4-10/h3-9H,1-2H3. The highest BCUT2D eigenvalue weighted by atomic mass is 79.9. The van der Waals surface area contributed by atoms with E-state index in [0.29, 0.717) is 0 Å². The van der Waals surface area contributed by atoms with Crippen LogP contribution in [0, 0.1) is 5.92 Å². The molecule has 0 atom stereocenters. The number of aldehydes is 1. The molecule has 2 heteroatoms. The first-order valence-electron chi connectivity index (χ1n) is 4.56. The lowest BCUT2D eigenvalue weighted by Crippen LogP contribution is -1.94. The molecule has 1 aromatic carbocycles. The molecule has 0 aromatic heterocycles. The Bertz CT molecular complexity index is 336. The van der Waals surface area contributed by atoms with Gasteiger partial charge in [-0.05, 0) is 35.3 Å². The van der Waals surface area contributed by atoms with Crippen molar-refractivity contribution < 1.29 is 4.79 Å². The highest BCUT2D eigenvalue weighted by Gasteiger charge is 2.01. The Hall–Kier alpha value is -0.890. The zero-order valence-electron chi connectivity index (χ0n) is 8.33. The fourth-order valence-corrected chi connectivity index (χ4v) is 1.35. The van der Waals surface area contributed by atoms with E-state index in [9.17, 15) is 4.79 Å². The van der Waals surface area contributed by atoms with Crippen molar-refractivity contribution in [3.63, 3.8) is 0 Å². The van der Waals surface area contributed by atoms with Crippen molar-refractivity contribution in [2.75, 3.05) is 0 Å². The molecule has 1 rings (SSSR count). The van der Waals surface area contributed by atoms with Crippen LogP contribution in [0.4, 0.5) is 0 Å². The van der Waals surface area contributed by atoms with Crippen molar-refractivity contribution in [1.29, 1.82) is 0 Å².